The first-order valence-corrected chi connectivity index (χ1v) is 6.35. The van der Waals surface area contributed by atoms with Crippen molar-refractivity contribution in [1.82, 2.24) is 4.90 Å². The first-order valence-electron chi connectivity index (χ1n) is 5.27. The lowest BCUT2D eigenvalue weighted by Gasteiger charge is -2.15. The van der Waals surface area contributed by atoms with E-state index in [2.05, 4.69) is 51.8 Å². The summed E-state index contributed by atoms with van der Waals surface area (Å²) in [7, 11) is 1.80. The van der Waals surface area contributed by atoms with E-state index in [1.54, 1.807) is 7.11 Å². The van der Waals surface area contributed by atoms with E-state index in [0.717, 1.165) is 19.6 Å². The van der Waals surface area contributed by atoms with Crippen molar-refractivity contribution in [2.45, 2.75) is 19.1 Å². The quantitative estimate of drug-likeness (QED) is 0.795. The van der Waals surface area contributed by atoms with Crippen molar-refractivity contribution in [3.05, 3.63) is 33.4 Å². The lowest BCUT2D eigenvalue weighted by Crippen LogP contribution is -2.22. The number of likely N-dealkylation sites (tertiary alicyclic amines) is 1. The average Bonchev–Trinajstić information content (AvgIpc) is 2.69. The normalized spacial score (nSPS) is 22.1. The lowest BCUT2D eigenvalue weighted by atomic mass is 10.2. The number of halogens is 1. The molecule has 0 radical (unpaired) electrons. The number of hydrogen-bond donors (Lipinski definition) is 0. The van der Waals surface area contributed by atoms with Gasteiger partial charge in [0.15, 0.2) is 0 Å². The van der Waals surface area contributed by atoms with E-state index in [0.29, 0.717) is 6.10 Å². The second-order valence-electron chi connectivity index (χ2n) is 4.01. The Kier molecular flexibility index (Phi) is 3.99. The van der Waals surface area contributed by atoms with Gasteiger partial charge in [0.1, 0.15) is 0 Å². The third kappa shape index (κ3) is 3.16. The highest BCUT2D eigenvalue weighted by atomic mass is 127. The minimum Gasteiger partial charge on any atom is -0.380 e. The molecule has 0 saturated carbocycles. The van der Waals surface area contributed by atoms with E-state index in [-0.39, 0.29) is 0 Å². The summed E-state index contributed by atoms with van der Waals surface area (Å²) in [5.74, 6) is 0. The molecule has 0 N–H and O–H groups in total. The van der Waals surface area contributed by atoms with Crippen LogP contribution in [0, 0.1) is 3.57 Å². The summed E-state index contributed by atoms with van der Waals surface area (Å²) in [4.78, 5) is 2.45. The molecule has 0 spiro atoms. The molecule has 0 amide bonds. The van der Waals surface area contributed by atoms with Crippen LogP contribution in [0.2, 0.25) is 0 Å². The molecule has 1 atom stereocenters. The Balaban J connectivity index is 1.90. The molecule has 15 heavy (non-hydrogen) atoms. The summed E-state index contributed by atoms with van der Waals surface area (Å²) < 4.78 is 6.65. The van der Waals surface area contributed by atoms with Crippen LogP contribution in [0.4, 0.5) is 0 Å². The largest absolute Gasteiger partial charge is 0.380 e. The van der Waals surface area contributed by atoms with Crippen molar-refractivity contribution in [2.24, 2.45) is 0 Å². The Labute approximate surface area is 105 Å². The first-order chi connectivity index (χ1) is 7.28. The average molecular weight is 317 g/mol. The van der Waals surface area contributed by atoms with E-state index in [4.69, 9.17) is 4.74 Å². The Morgan fingerprint density at radius 3 is 2.73 bits per heavy atom. The molecule has 3 heteroatoms. The van der Waals surface area contributed by atoms with Crippen molar-refractivity contribution in [3.63, 3.8) is 0 Å². The second kappa shape index (κ2) is 5.27. The molecule has 2 rings (SSSR count). The van der Waals surface area contributed by atoms with Gasteiger partial charge in [0.05, 0.1) is 6.10 Å². The maximum Gasteiger partial charge on any atom is 0.0710 e. The van der Waals surface area contributed by atoms with E-state index < -0.39 is 0 Å². The summed E-state index contributed by atoms with van der Waals surface area (Å²) in [5.41, 5.74) is 1.40. The Morgan fingerprint density at radius 2 is 2.13 bits per heavy atom. The summed E-state index contributed by atoms with van der Waals surface area (Å²) in [6, 6.07) is 8.75. The number of benzene rings is 1. The fraction of sp³-hybridized carbons (Fsp3) is 0.500. The van der Waals surface area contributed by atoms with Crippen LogP contribution in [-0.2, 0) is 11.3 Å². The van der Waals surface area contributed by atoms with Gasteiger partial charge in [-0.05, 0) is 46.7 Å². The fourth-order valence-corrected chi connectivity index (χ4v) is 2.34. The van der Waals surface area contributed by atoms with Gasteiger partial charge in [-0.3, -0.25) is 4.90 Å². The van der Waals surface area contributed by atoms with Crippen molar-refractivity contribution in [2.75, 3.05) is 20.2 Å². The molecule has 1 aromatic carbocycles. The number of ether oxygens (including phenoxy) is 1. The highest BCUT2D eigenvalue weighted by molar-refractivity contribution is 14.1. The maximum atomic E-state index is 5.36. The molecule has 1 aliphatic heterocycles. The van der Waals surface area contributed by atoms with Gasteiger partial charge in [0, 0.05) is 30.3 Å². The van der Waals surface area contributed by atoms with Crippen LogP contribution in [0.1, 0.15) is 12.0 Å². The summed E-state index contributed by atoms with van der Waals surface area (Å²) in [6.45, 7) is 3.28. The van der Waals surface area contributed by atoms with Gasteiger partial charge in [-0.2, -0.15) is 0 Å². The van der Waals surface area contributed by atoms with Crippen molar-refractivity contribution in [1.29, 1.82) is 0 Å². The molecule has 82 valence electrons. The Morgan fingerprint density at radius 1 is 1.40 bits per heavy atom. The van der Waals surface area contributed by atoms with Crippen LogP contribution in [0.25, 0.3) is 0 Å². The zero-order chi connectivity index (χ0) is 10.7. The summed E-state index contributed by atoms with van der Waals surface area (Å²) in [5, 5.41) is 0. The summed E-state index contributed by atoms with van der Waals surface area (Å²) >= 11 is 2.34. The van der Waals surface area contributed by atoms with Crippen LogP contribution in [0.15, 0.2) is 24.3 Å². The zero-order valence-electron chi connectivity index (χ0n) is 8.95. The molecular formula is C12H16INO. The maximum absolute atomic E-state index is 5.36. The molecule has 1 heterocycles. The molecule has 1 saturated heterocycles. The topological polar surface area (TPSA) is 12.5 Å². The van der Waals surface area contributed by atoms with Gasteiger partial charge >= 0.3 is 0 Å². The van der Waals surface area contributed by atoms with Gasteiger partial charge in [-0.25, -0.2) is 0 Å². The number of rotatable bonds is 3. The van der Waals surface area contributed by atoms with E-state index in [1.165, 1.54) is 15.6 Å². The van der Waals surface area contributed by atoms with Crippen molar-refractivity contribution < 1.29 is 4.74 Å². The number of nitrogens with zero attached hydrogens (tertiary/aromatic N) is 1. The summed E-state index contributed by atoms with van der Waals surface area (Å²) in [6.07, 6.45) is 1.61. The van der Waals surface area contributed by atoms with E-state index in [9.17, 15) is 0 Å². The zero-order valence-corrected chi connectivity index (χ0v) is 11.1. The lowest BCUT2D eigenvalue weighted by molar-refractivity contribution is 0.107. The second-order valence-corrected chi connectivity index (χ2v) is 5.25. The molecule has 1 unspecified atom stereocenters. The molecule has 0 bridgehead atoms. The predicted octanol–water partition coefficient (Wildman–Crippen LogP) is 2.51. The first kappa shape index (κ1) is 11.4. The van der Waals surface area contributed by atoms with Crippen LogP contribution in [0.3, 0.4) is 0 Å². The molecule has 1 fully saturated rings. The van der Waals surface area contributed by atoms with Gasteiger partial charge in [-0.1, -0.05) is 12.1 Å². The SMILES string of the molecule is COC1CCN(Cc2ccc(I)cc2)C1. The highest BCUT2D eigenvalue weighted by Crippen LogP contribution is 2.16. The van der Waals surface area contributed by atoms with Gasteiger partial charge in [-0.15, -0.1) is 0 Å². The minimum absolute atomic E-state index is 0.439. The predicted molar refractivity (Wildman–Crippen MR) is 69.9 cm³/mol. The third-order valence-electron chi connectivity index (χ3n) is 2.88. The van der Waals surface area contributed by atoms with Crippen LogP contribution in [-0.4, -0.2) is 31.2 Å². The molecular weight excluding hydrogens is 301 g/mol. The Bertz CT molecular complexity index is 312. The third-order valence-corrected chi connectivity index (χ3v) is 3.60. The van der Waals surface area contributed by atoms with Crippen molar-refractivity contribution >= 4 is 22.6 Å². The van der Waals surface area contributed by atoms with E-state index in [1.807, 2.05) is 0 Å². The smallest absolute Gasteiger partial charge is 0.0710 e. The number of methoxy groups -OCH3 is 1. The number of hydrogen-bond acceptors (Lipinski definition) is 2. The van der Waals surface area contributed by atoms with Crippen LogP contribution in [0.5, 0.6) is 0 Å². The minimum atomic E-state index is 0.439. The molecule has 1 aromatic rings. The van der Waals surface area contributed by atoms with Crippen LogP contribution < -0.4 is 0 Å². The fourth-order valence-electron chi connectivity index (χ4n) is 1.98. The van der Waals surface area contributed by atoms with Gasteiger partial charge in [0.25, 0.3) is 0 Å². The monoisotopic (exact) mass is 317 g/mol. The van der Waals surface area contributed by atoms with Gasteiger partial charge in [0.2, 0.25) is 0 Å². The van der Waals surface area contributed by atoms with Crippen molar-refractivity contribution in [3.8, 4) is 0 Å². The Hall–Kier alpha value is -0.130. The highest BCUT2D eigenvalue weighted by Gasteiger charge is 2.21. The van der Waals surface area contributed by atoms with Crippen LogP contribution >= 0.6 is 22.6 Å². The molecule has 2 nitrogen and oxygen atoms in total. The van der Waals surface area contributed by atoms with Gasteiger partial charge < -0.3 is 4.74 Å². The molecule has 1 aliphatic rings. The molecule has 0 aromatic heterocycles. The van der Waals surface area contributed by atoms with E-state index >= 15 is 0 Å². The standard InChI is InChI=1S/C12H16INO/c1-15-12-6-7-14(9-12)8-10-2-4-11(13)5-3-10/h2-5,12H,6-9H2,1H3. The molecule has 0 aliphatic carbocycles.